The van der Waals surface area contributed by atoms with E-state index >= 15 is 0 Å². The molecule has 142 valence electrons. The molecule has 27 heavy (non-hydrogen) atoms. The highest BCUT2D eigenvalue weighted by Gasteiger charge is 2.30. The zero-order chi connectivity index (χ0) is 19.4. The fourth-order valence-corrected chi connectivity index (χ4v) is 4.18. The maximum absolute atomic E-state index is 12.2. The maximum atomic E-state index is 12.2. The third kappa shape index (κ3) is 4.77. The van der Waals surface area contributed by atoms with E-state index in [1.165, 1.54) is 18.4 Å². The van der Waals surface area contributed by atoms with Crippen LogP contribution in [0.4, 0.5) is 0 Å². The van der Waals surface area contributed by atoms with E-state index in [0.29, 0.717) is 23.7 Å². The number of allylic oxidation sites excluding steroid dienone is 1. The molecule has 0 bridgehead atoms. The molecule has 1 aliphatic rings. The number of benzene rings is 1. The van der Waals surface area contributed by atoms with Crippen molar-refractivity contribution in [1.29, 1.82) is 0 Å². The first-order chi connectivity index (χ1) is 13.0. The molecule has 0 radical (unpaired) electrons. The minimum absolute atomic E-state index is 0.000180. The van der Waals surface area contributed by atoms with Crippen molar-refractivity contribution in [3.05, 3.63) is 57.8 Å². The van der Waals surface area contributed by atoms with Crippen molar-refractivity contribution in [3.8, 4) is 11.5 Å². The third-order valence-corrected chi connectivity index (χ3v) is 5.74. The van der Waals surface area contributed by atoms with Crippen LogP contribution in [0.15, 0.2) is 42.5 Å². The SMILES string of the molecule is COC(=O)c1ccc(CCC2C(=O)C=CC2COc2cc(C)cc(O)c2)s1. The summed E-state index contributed by atoms with van der Waals surface area (Å²) in [5, 5.41) is 9.67. The molecular formula is C21H22O5S. The molecular weight excluding hydrogens is 364 g/mol. The van der Waals surface area contributed by atoms with Gasteiger partial charge in [0, 0.05) is 22.8 Å². The first-order valence-corrected chi connectivity index (χ1v) is 9.60. The number of aromatic hydroxyl groups is 1. The van der Waals surface area contributed by atoms with Crippen molar-refractivity contribution in [2.45, 2.75) is 19.8 Å². The second kappa shape index (κ2) is 8.39. The molecule has 6 heteroatoms. The fourth-order valence-electron chi connectivity index (χ4n) is 3.24. The summed E-state index contributed by atoms with van der Waals surface area (Å²) in [6.45, 7) is 2.27. The van der Waals surface area contributed by atoms with E-state index in [0.717, 1.165) is 16.9 Å². The number of carbonyl (C=O) groups is 2. The quantitative estimate of drug-likeness (QED) is 0.730. The van der Waals surface area contributed by atoms with Gasteiger partial charge in [-0.1, -0.05) is 6.08 Å². The van der Waals surface area contributed by atoms with Gasteiger partial charge in [0.2, 0.25) is 0 Å². The van der Waals surface area contributed by atoms with Gasteiger partial charge in [-0.05, 0) is 55.7 Å². The molecule has 0 aliphatic heterocycles. The standard InChI is InChI=1S/C21H22O5S/c1-13-9-15(22)11-16(10-13)26-12-14-3-7-19(23)18(14)6-4-17-5-8-20(27-17)21(24)25-2/h3,5,7-11,14,18,22H,4,6,12H2,1-2H3. The van der Waals surface area contributed by atoms with E-state index in [-0.39, 0.29) is 29.3 Å². The molecule has 2 atom stereocenters. The number of rotatable bonds is 7. The Bertz CT molecular complexity index is 847. The first-order valence-electron chi connectivity index (χ1n) is 8.79. The molecule has 5 nitrogen and oxygen atoms in total. The Kier molecular flexibility index (Phi) is 5.96. The largest absolute Gasteiger partial charge is 0.508 e. The van der Waals surface area contributed by atoms with Gasteiger partial charge in [-0.3, -0.25) is 4.79 Å². The number of methoxy groups -OCH3 is 1. The van der Waals surface area contributed by atoms with Gasteiger partial charge in [-0.25, -0.2) is 4.79 Å². The Morgan fingerprint density at radius 3 is 2.81 bits per heavy atom. The van der Waals surface area contributed by atoms with Gasteiger partial charge in [0.1, 0.15) is 16.4 Å². The van der Waals surface area contributed by atoms with Gasteiger partial charge < -0.3 is 14.6 Å². The number of phenolic OH excluding ortho intramolecular Hbond substituents is 1. The number of aryl methyl sites for hydroxylation is 2. The van der Waals surface area contributed by atoms with E-state index in [2.05, 4.69) is 0 Å². The summed E-state index contributed by atoms with van der Waals surface area (Å²) in [4.78, 5) is 25.4. The molecule has 2 aromatic rings. The van der Waals surface area contributed by atoms with Crippen LogP contribution in [0.3, 0.4) is 0 Å². The van der Waals surface area contributed by atoms with Crippen molar-refractivity contribution >= 4 is 23.1 Å². The molecule has 0 spiro atoms. The van der Waals surface area contributed by atoms with E-state index in [1.54, 1.807) is 24.3 Å². The average Bonchev–Trinajstić information content (AvgIpc) is 3.23. The summed E-state index contributed by atoms with van der Waals surface area (Å²) in [6, 6.07) is 8.76. The molecule has 2 unspecified atom stereocenters. The summed E-state index contributed by atoms with van der Waals surface area (Å²) in [5.41, 5.74) is 0.915. The van der Waals surface area contributed by atoms with Crippen LogP contribution in [0.2, 0.25) is 0 Å². The molecule has 1 N–H and O–H groups in total. The van der Waals surface area contributed by atoms with Crippen LogP contribution < -0.4 is 4.74 Å². The molecule has 1 heterocycles. The summed E-state index contributed by atoms with van der Waals surface area (Å²) in [7, 11) is 1.36. The zero-order valence-corrected chi connectivity index (χ0v) is 16.1. The Morgan fingerprint density at radius 2 is 2.07 bits per heavy atom. The molecule has 1 aliphatic carbocycles. The molecule has 1 aromatic carbocycles. The van der Waals surface area contributed by atoms with Gasteiger partial charge in [0.15, 0.2) is 5.78 Å². The normalized spacial score (nSPS) is 18.7. The van der Waals surface area contributed by atoms with Crippen LogP contribution in [0.25, 0.3) is 0 Å². The van der Waals surface area contributed by atoms with Crippen molar-refractivity contribution in [3.63, 3.8) is 0 Å². The van der Waals surface area contributed by atoms with Crippen molar-refractivity contribution in [1.82, 2.24) is 0 Å². The summed E-state index contributed by atoms with van der Waals surface area (Å²) in [5.74, 6) is 0.406. The van der Waals surface area contributed by atoms with Gasteiger partial charge in [0.05, 0.1) is 13.7 Å². The number of ether oxygens (including phenoxy) is 2. The number of hydrogen-bond acceptors (Lipinski definition) is 6. The lowest BCUT2D eigenvalue weighted by molar-refractivity contribution is -0.118. The predicted octanol–water partition coefficient (Wildman–Crippen LogP) is 3.93. The smallest absolute Gasteiger partial charge is 0.348 e. The average molecular weight is 386 g/mol. The molecule has 1 aromatic heterocycles. The van der Waals surface area contributed by atoms with Crippen LogP contribution in [0, 0.1) is 18.8 Å². The maximum Gasteiger partial charge on any atom is 0.348 e. The van der Waals surface area contributed by atoms with Crippen molar-refractivity contribution in [2.24, 2.45) is 11.8 Å². The van der Waals surface area contributed by atoms with Crippen molar-refractivity contribution in [2.75, 3.05) is 13.7 Å². The topological polar surface area (TPSA) is 72.8 Å². The lowest BCUT2D eigenvalue weighted by Crippen LogP contribution is -2.22. The first kappa shape index (κ1) is 19.2. The van der Waals surface area contributed by atoms with Gasteiger partial charge in [-0.2, -0.15) is 0 Å². The number of phenols is 1. The minimum Gasteiger partial charge on any atom is -0.508 e. The van der Waals surface area contributed by atoms with Crippen LogP contribution >= 0.6 is 11.3 Å². The Hall–Kier alpha value is -2.60. The van der Waals surface area contributed by atoms with E-state index in [4.69, 9.17) is 9.47 Å². The Morgan fingerprint density at radius 1 is 1.26 bits per heavy atom. The highest BCUT2D eigenvalue weighted by molar-refractivity contribution is 7.13. The number of esters is 1. The molecule has 0 saturated heterocycles. The number of hydrogen-bond donors (Lipinski definition) is 1. The predicted molar refractivity (Wildman–Crippen MR) is 103 cm³/mol. The lowest BCUT2D eigenvalue weighted by Gasteiger charge is -2.18. The summed E-state index contributed by atoms with van der Waals surface area (Å²) >= 11 is 1.40. The second-order valence-electron chi connectivity index (χ2n) is 6.64. The number of carbonyl (C=O) groups excluding carboxylic acids is 2. The Labute approximate surface area is 162 Å². The summed E-state index contributed by atoms with van der Waals surface area (Å²) in [6.07, 6.45) is 4.94. The lowest BCUT2D eigenvalue weighted by atomic mass is 9.90. The number of ketones is 1. The molecule has 0 fully saturated rings. The van der Waals surface area contributed by atoms with Gasteiger partial charge in [0.25, 0.3) is 0 Å². The summed E-state index contributed by atoms with van der Waals surface area (Å²) < 4.78 is 10.5. The highest BCUT2D eigenvalue weighted by Crippen LogP contribution is 2.30. The van der Waals surface area contributed by atoms with Gasteiger partial charge in [-0.15, -0.1) is 11.3 Å². The van der Waals surface area contributed by atoms with E-state index < -0.39 is 0 Å². The zero-order valence-electron chi connectivity index (χ0n) is 15.3. The third-order valence-electron chi connectivity index (χ3n) is 4.62. The molecule has 0 saturated carbocycles. The van der Waals surface area contributed by atoms with Crippen LogP contribution in [0.5, 0.6) is 11.5 Å². The second-order valence-corrected chi connectivity index (χ2v) is 7.81. The van der Waals surface area contributed by atoms with E-state index in [1.807, 2.05) is 25.1 Å². The van der Waals surface area contributed by atoms with Crippen LogP contribution in [0.1, 0.15) is 26.5 Å². The monoisotopic (exact) mass is 386 g/mol. The Balaban J connectivity index is 1.58. The van der Waals surface area contributed by atoms with Crippen LogP contribution in [-0.2, 0) is 16.0 Å². The molecule has 0 amide bonds. The van der Waals surface area contributed by atoms with E-state index in [9.17, 15) is 14.7 Å². The van der Waals surface area contributed by atoms with Crippen LogP contribution in [-0.4, -0.2) is 30.6 Å². The van der Waals surface area contributed by atoms with Crippen molar-refractivity contribution < 1.29 is 24.2 Å². The fraction of sp³-hybridized carbons (Fsp3) is 0.333. The number of thiophene rings is 1. The molecule has 3 rings (SSSR count). The minimum atomic E-state index is -0.336. The highest BCUT2D eigenvalue weighted by atomic mass is 32.1. The van der Waals surface area contributed by atoms with Gasteiger partial charge >= 0.3 is 5.97 Å².